The van der Waals surface area contributed by atoms with E-state index in [0.29, 0.717) is 144 Å². The van der Waals surface area contributed by atoms with Crippen molar-refractivity contribution in [2.75, 3.05) is 26.9 Å². The maximum absolute atomic E-state index is 12.7. The van der Waals surface area contributed by atoms with Crippen molar-refractivity contribution in [3.63, 3.8) is 0 Å². The minimum atomic E-state index is -0.464. The van der Waals surface area contributed by atoms with E-state index in [2.05, 4.69) is 6.92 Å². The zero-order chi connectivity index (χ0) is 51.9. The molecule has 0 amide bonds. The molecule has 0 spiro atoms. The first-order chi connectivity index (χ1) is 35.3. The number of ether oxygens (including phenoxy) is 7. The van der Waals surface area contributed by atoms with E-state index in [1.165, 1.54) is 25.7 Å². The highest BCUT2D eigenvalue weighted by molar-refractivity contribution is 5.78. The summed E-state index contributed by atoms with van der Waals surface area (Å²) in [5, 5.41) is 0. The van der Waals surface area contributed by atoms with Crippen LogP contribution in [0.15, 0.2) is 0 Å². The van der Waals surface area contributed by atoms with Gasteiger partial charge in [-0.2, -0.15) is 0 Å². The first-order valence-electron chi connectivity index (χ1n) is 30.0. The highest BCUT2D eigenvalue weighted by Gasteiger charge is 2.75. The summed E-state index contributed by atoms with van der Waals surface area (Å²) in [6.45, 7) is 20.1. The molecular formula is C67H110O13. The largest absolute Gasteiger partial charge is 0.465 e. The number of fused-ring (bicyclic) bond motifs is 36. The molecule has 30 atom stereocenters. The van der Waals surface area contributed by atoms with Gasteiger partial charge >= 0.3 is 35.8 Å². The van der Waals surface area contributed by atoms with Gasteiger partial charge in [-0.05, 0) is 198 Å². The summed E-state index contributed by atoms with van der Waals surface area (Å²) in [7, 11) is 1.75. The number of cyclic esters (lactones) is 3. The Morgan fingerprint density at radius 1 is 0.475 bits per heavy atom. The van der Waals surface area contributed by atoms with E-state index in [-0.39, 0.29) is 128 Å². The van der Waals surface area contributed by atoms with Gasteiger partial charge in [0.25, 0.3) is 0 Å². The molecule has 0 radical (unpaired) electrons. The zero-order valence-corrected chi connectivity index (χ0v) is 45.8. The predicted molar refractivity (Wildman–Crippen MR) is 307 cm³/mol. The van der Waals surface area contributed by atoms with Crippen LogP contribution in [0.3, 0.4) is 0 Å². The first kappa shape index (κ1) is 64.3. The number of methoxy groups -OCH3 is 1. The number of hydrogen-bond acceptors (Lipinski definition) is 13. The Labute approximate surface area is 483 Å². The van der Waals surface area contributed by atoms with E-state index < -0.39 is 10.8 Å². The molecule has 0 N–H and O–H groups in total. The molecule has 13 heteroatoms. The van der Waals surface area contributed by atoms with Crippen molar-refractivity contribution in [3.8, 4) is 0 Å². The third-order valence-electron chi connectivity index (χ3n) is 25.8. The fraction of sp³-hybridized carbons (Fsp3) is 0.910. The number of rotatable bonds is 10. The fourth-order valence-electron chi connectivity index (χ4n) is 22.0. The molecular weight excluding hydrogens is 1010 g/mol. The van der Waals surface area contributed by atoms with E-state index in [4.69, 9.17) is 33.2 Å². The van der Waals surface area contributed by atoms with Crippen LogP contribution in [0, 0.1) is 165 Å². The molecule has 15 rings (SSSR count). The lowest BCUT2D eigenvalue weighted by Crippen LogP contribution is -2.50. The number of carbonyl (C=O) groups excluding carboxylic acids is 6. The molecule has 80 heavy (non-hydrogen) atoms. The van der Waals surface area contributed by atoms with Crippen LogP contribution < -0.4 is 0 Å². The van der Waals surface area contributed by atoms with Crippen molar-refractivity contribution in [1.82, 2.24) is 0 Å². The predicted octanol–water partition coefficient (Wildman–Crippen LogP) is 12.4. The summed E-state index contributed by atoms with van der Waals surface area (Å²) in [5.74, 6) is 12.6. The molecule has 0 aromatic heterocycles. The monoisotopic (exact) mass is 1120 g/mol. The Morgan fingerprint density at radius 3 is 1.30 bits per heavy atom. The lowest BCUT2D eigenvalue weighted by atomic mass is 9.61. The van der Waals surface area contributed by atoms with Crippen molar-refractivity contribution < 1.29 is 61.9 Å². The van der Waals surface area contributed by atoms with Crippen LogP contribution in [-0.2, 0) is 61.9 Å². The average Bonchev–Trinajstić information content (AvgIpc) is 4.41. The lowest BCUT2D eigenvalue weighted by Gasteiger charge is -2.44. The molecule has 12 bridgehead atoms. The summed E-state index contributed by atoms with van der Waals surface area (Å²) >= 11 is 0. The lowest BCUT2D eigenvalue weighted by molar-refractivity contribution is -0.178. The van der Waals surface area contributed by atoms with Crippen LogP contribution in [-0.4, -0.2) is 87.2 Å². The van der Waals surface area contributed by atoms with Gasteiger partial charge in [-0.1, -0.05) is 79.2 Å². The maximum Gasteiger partial charge on any atom is 0.311 e. The zero-order valence-electron chi connectivity index (χ0n) is 45.8. The van der Waals surface area contributed by atoms with Crippen molar-refractivity contribution in [1.29, 1.82) is 0 Å². The smallest absolute Gasteiger partial charge is 0.311 e. The number of hydrogen-bond donors (Lipinski definition) is 0. The molecule has 3 saturated heterocycles. The molecule has 30 unspecified atom stereocenters. The summed E-state index contributed by atoms with van der Waals surface area (Å²) < 4.78 is 40.2. The molecule has 13 nitrogen and oxygen atoms in total. The second-order valence-electron chi connectivity index (χ2n) is 28.7. The van der Waals surface area contributed by atoms with Crippen LogP contribution in [0.2, 0.25) is 0 Å². The second-order valence-corrected chi connectivity index (χ2v) is 28.7. The molecule has 15 aliphatic rings. The van der Waals surface area contributed by atoms with E-state index in [1.807, 2.05) is 55.4 Å². The standard InChI is InChI=1S/C21H30O5.C21H30O4.C19H26O4.6CH4/c1-5-21(2,3)20(23)26-18-12-7-11(17(18)24-4)14-9-6-10(15(12)14)16-13(9)8-25-19(16)22;1-5-21(3,4)20(23)25-18-9(2)10-6-13(18)16-12-7-11(15(10)16)14-8-24-19(22)17(12)14;1-3-8(2)18(20)23-14-5-9-4-11(14)16-10-6-12(15(9)16)17-13(10)7-22-19(17)21;;;;;;/h9-18H,5-8H2,1-4H3;9-18H,5-8H2,1-4H3;8-17H,3-7H2,1-2H3;6*1H4. The average molecular weight is 1120 g/mol. The fourth-order valence-corrected chi connectivity index (χ4v) is 22.0. The maximum atomic E-state index is 12.7. The van der Waals surface area contributed by atoms with E-state index in [9.17, 15) is 28.8 Å². The van der Waals surface area contributed by atoms with Crippen LogP contribution in [0.25, 0.3) is 0 Å². The van der Waals surface area contributed by atoms with Crippen LogP contribution in [0.4, 0.5) is 0 Å². The van der Waals surface area contributed by atoms with Gasteiger partial charge in [0.05, 0.1) is 60.4 Å². The Balaban J connectivity index is 0.000000167. The molecule has 0 aromatic rings. The van der Waals surface area contributed by atoms with Crippen molar-refractivity contribution in [3.05, 3.63) is 0 Å². The highest BCUT2D eigenvalue weighted by Crippen LogP contribution is 2.75. The first-order valence-corrected chi connectivity index (χ1v) is 30.0. The van der Waals surface area contributed by atoms with Gasteiger partial charge in [0.1, 0.15) is 18.3 Å². The van der Waals surface area contributed by atoms with Gasteiger partial charge in [-0.25, -0.2) is 0 Å². The summed E-state index contributed by atoms with van der Waals surface area (Å²) in [5.41, 5.74) is -0.870. The normalized spacial score (nSPS) is 48.1. The van der Waals surface area contributed by atoms with E-state index in [1.54, 1.807) is 7.11 Å². The quantitative estimate of drug-likeness (QED) is 0.115. The van der Waals surface area contributed by atoms with Gasteiger partial charge in [-0.3, -0.25) is 28.8 Å². The minimum Gasteiger partial charge on any atom is -0.465 e. The van der Waals surface area contributed by atoms with Gasteiger partial charge in [0.15, 0.2) is 0 Å². The van der Waals surface area contributed by atoms with Crippen molar-refractivity contribution in [2.24, 2.45) is 165 Å². The minimum absolute atomic E-state index is 0. The Hall–Kier alpha value is -3.22. The third kappa shape index (κ3) is 8.91. The van der Waals surface area contributed by atoms with Gasteiger partial charge in [0.2, 0.25) is 0 Å². The molecule has 3 aliphatic heterocycles. The third-order valence-corrected chi connectivity index (χ3v) is 25.8. The molecule has 3 heterocycles. The Morgan fingerprint density at radius 2 is 0.850 bits per heavy atom. The summed E-state index contributed by atoms with van der Waals surface area (Å²) in [4.78, 5) is 74.1. The van der Waals surface area contributed by atoms with Crippen LogP contribution >= 0.6 is 0 Å². The number of carbonyl (C=O) groups is 6. The van der Waals surface area contributed by atoms with Gasteiger partial charge in [0, 0.05) is 30.8 Å². The molecule has 12 saturated carbocycles. The van der Waals surface area contributed by atoms with Gasteiger partial charge in [-0.15, -0.1) is 0 Å². The van der Waals surface area contributed by atoms with Crippen LogP contribution in [0.1, 0.15) is 171 Å². The SMILES string of the molecule is C.C.C.C.C.C.CCC(C)(C)C(=O)OC1C(C)C2CC1C1C3CC(C4COC(=O)C43)C21.CCC(C)(C)C(=O)OC1C2CC(C1OC)C1C3CC(C4C(=O)OCC34)C21.CCC(C)C(=O)OC1CC2CC1C1C3CC(C4C(=O)OCC34)C21. The molecule has 12 aliphatic carbocycles. The number of esters is 6. The van der Waals surface area contributed by atoms with Crippen LogP contribution in [0.5, 0.6) is 0 Å². The Bertz CT molecular complexity index is 2330. The van der Waals surface area contributed by atoms with Crippen molar-refractivity contribution in [2.45, 2.75) is 195 Å². The highest BCUT2D eigenvalue weighted by atomic mass is 16.6. The molecule has 0 aromatic carbocycles. The van der Waals surface area contributed by atoms with Gasteiger partial charge < -0.3 is 33.2 Å². The summed E-state index contributed by atoms with van der Waals surface area (Å²) in [6.07, 6.45) is 10.6. The molecule has 15 fully saturated rings. The van der Waals surface area contributed by atoms with E-state index >= 15 is 0 Å². The van der Waals surface area contributed by atoms with E-state index in [0.717, 1.165) is 44.4 Å². The summed E-state index contributed by atoms with van der Waals surface area (Å²) in [6, 6.07) is 0. The van der Waals surface area contributed by atoms with Crippen molar-refractivity contribution >= 4 is 35.8 Å². The topological polar surface area (TPSA) is 167 Å². The second kappa shape index (κ2) is 22.7. The Kier molecular flexibility index (Phi) is 18.2. The molecule has 456 valence electrons.